The van der Waals surface area contributed by atoms with Crippen LogP contribution in [-0.2, 0) is 0 Å². The van der Waals surface area contributed by atoms with Crippen molar-refractivity contribution in [3.8, 4) is 0 Å². The normalized spacial score (nSPS) is 14.2. The first-order valence-electron chi connectivity index (χ1n) is 7.60. The molecule has 2 nitrogen and oxygen atoms in total. The average Bonchev–Trinajstić information content (AvgIpc) is 2.36. The first kappa shape index (κ1) is 16.0. The van der Waals surface area contributed by atoms with Gasteiger partial charge in [-0.05, 0) is 51.2 Å². The largest absolute Gasteiger partial charge is 0.371 e. The molecule has 2 heteroatoms. The van der Waals surface area contributed by atoms with Crippen LogP contribution in [0.3, 0.4) is 0 Å². The molecule has 0 fully saturated rings. The number of rotatable bonds is 8. The lowest BCUT2D eigenvalue weighted by Crippen LogP contribution is -2.29. The molecule has 2 unspecified atom stereocenters. The van der Waals surface area contributed by atoms with Crippen molar-refractivity contribution in [3.63, 3.8) is 0 Å². The van der Waals surface area contributed by atoms with Crippen LogP contribution >= 0.6 is 0 Å². The number of aryl methyl sites for hydroxylation is 1. The monoisotopic (exact) mass is 262 g/mol. The van der Waals surface area contributed by atoms with Crippen molar-refractivity contribution >= 4 is 5.69 Å². The van der Waals surface area contributed by atoms with Crippen molar-refractivity contribution in [3.05, 3.63) is 29.8 Å². The molecule has 0 bridgehead atoms. The van der Waals surface area contributed by atoms with Crippen LogP contribution in [0.5, 0.6) is 0 Å². The Labute approximate surface area is 119 Å². The second-order valence-corrected chi connectivity index (χ2v) is 5.84. The molecule has 1 aromatic carbocycles. The molecule has 0 radical (unpaired) electrons. The van der Waals surface area contributed by atoms with Crippen LogP contribution in [0.2, 0.25) is 0 Å². The van der Waals surface area contributed by atoms with Crippen LogP contribution in [0.4, 0.5) is 5.69 Å². The summed E-state index contributed by atoms with van der Waals surface area (Å²) >= 11 is 0. The summed E-state index contributed by atoms with van der Waals surface area (Å²) in [5.74, 6) is 0.721. The van der Waals surface area contributed by atoms with Crippen LogP contribution in [-0.4, -0.2) is 19.1 Å². The number of nitrogens with zero attached hydrogens (tertiary/aromatic N) is 1. The minimum Gasteiger partial charge on any atom is -0.371 e. The van der Waals surface area contributed by atoms with Gasteiger partial charge in [0.05, 0.1) is 0 Å². The predicted octanol–water partition coefficient (Wildman–Crippen LogP) is 3.97. The summed E-state index contributed by atoms with van der Waals surface area (Å²) in [5.41, 5.74) is 8.55. The highest BCUT2D eigenvalue weighted by molar-refractivity contribution is 5.52. The van der Waals surface area contributed by atoms with Crippen molar-refractivity contribution < 1.29 is 0 Å². The molecule has 0 aromatic heterocycles. The van der Waals surface area contributed by atoms with E-state index in [1.54, 1.807) is 0 Å². The van der Waals surface area contributed by atoms with Crippen LogP contribution in [0, 0.1) is 12.8 Å². The topological polar surface area (TPSA) is 29.3 Å². The van der Waals surface area contributed by atoms with Crippen molar-refractivity contribution in [2.24, 2.45) is 11.7 Å². The number of hydrogen-bond donors (Lipinski definition) is 1. The van der Waals surface area contributed by atoms with Gasteiger partial charge in [0.25, 0.3) is 0 Å². The van der Waals surface area contributed by atoms with E-state index in [2.05, 4.69) is 56.9 Å². The van der Waals surface area contributed by atoms with Gasteiger partial charge in [-0.1, -0.05) is 31.5 Å². The van der Waals surface area contributed by atoms with E-state index in [0.717, 1.165) is 25.4 Å². The number of hydrogen-bond acceptors (Lipinski definition) is 2. The average molecular weight is 262 g/mol. The van der Waals surface area contributed by atoms with Gasteiger partial charge in [0.15, 0.2) is 0 Å². The standard InChI is InChI=1S/C17H30N2/c1-5-19(17-12-7-6-10-15(17)3)13-14(2)9-8-11-16(4)18/h6-7,10,12,14,16H,5,8-9,11,13,18H2,1-4H3. The van der Waals surface area contributed by atoms with E-state index in [1.807, 2.05) is 0 Å². The highest BCUT2D eigenvalue weighted by Crippen LogP contribution is 2.21. The number of para-hydroxylation sites is 1. The second kappa shape index (κ2) is 8.21. The van der Waals surface area contributed by atoms with Crippen LogP contribution in [0.25, 0.3) is 0 Å². The fourth-order valence-corrected chi connectivity index (χ4v) is 2.57. The van der Waals surface area contributed by atoms with Crippen LogP contribution < -0.4 is 10.6 Å². The molecule has 19 heavy (non-hydrogen) atoms. The van der Waals surface area contributed by atoms with Crippen molar-refractivity contribution in [2.75, 3.05) is 18.0 Å². The maximum atomic E-state index is 5.81. The molecule has 1 rings (SSSR count). The lowest BCUT2D eigenvalue weighted by Gasteiger charge is -2.28. The maximum Gasteiger partial charge on any atom is 0.0395 e. The molecule has 2 atom stereocenters. The van der Waals surface area contributed by atoms with Gasteiger partial charge in [-0.3, -0.25) is 0 Å². The van der Waals surface area contributed by atoms with Crippen molar-refractivity contribution in [2.45, 2.75) is 53.0 Å². The van der Waals surface area contributed by atoms with E-state index < -0.39 is 0 Å². The Morgan fingerprint density at radius 1 is 1.16 bits per heavy atom. The summed E-state index contributed by atoms with van der Waals surface area (Å²) in [6.45, 7) is 11.1. The lowest BCUT2D eigenvalue weighted by molar-refractivity contribution is 0.475. The van der Waals surface area contributed by atoms with E-state index in [0.29, 0.717) is 6.04 Å². The molecule has 0 aliphatic carbocycles. The first-order valence-corrected chi connectivity index (χ1v) is 7.60. The minimum absolute atomic E-state index is 0.339. The van der Waals surface area contributed by atoms with E-state index in [-0.39, 0.29) is 0 Å². The number of benzene rings is 1. The Hall–Kier alpha value is -1.02. The Morgan fingerprint density at radius 2 is 1.84 bits per heavy atom. The molecule has 2 N–H and O–H groups in total. The zero-order chi connectivity index (χ0) is 14.3. The van der Waals surface area contributed by atoms with Gasteiger partial charge in [0.1, 0.15) is 0 Å². The maximum absolute atomic E-state index is 5.81. The van der Waals surface area contributed by atoms with Gasteiger partial charge >= 0.3 is 0 Å². The highest BCUT2D eigenvalue weighted by Gasteiger charge is 2.11. The predicted molar refractivity (Wildman–Crippen MR) is 85.7 cm³/mol. The van der Waals surface area contributed by atoms with Gasteiger partial charge < -0.3 is 10.6 Å². The Bertz CT molecular complexity index is 360. The molecule has 108 valence electrons. The number of anilines is 1. The quantitative estimate of drug-likeness (QED) is 0.768. The Kier molecular flexibility index (Phi) is 6.93. The molecular weight excluding hydrogens is 232 g/mol. The minimum atomic E-state index is 0.339. The zero-order valence-corrected chi connectivity index (χ0v) is 13.0. The SMILES string of the molecule is CCN(CC(C)CCCC(C)N)c1ccccc1C. The lowest BCUT2D eigenvalue weighted by atomic mass is 10.0. The van der Waals surface area contributed by atoms with E-state index >= 15 is 0 Å². The smallest absolute Gasteiger partial charge is 0.0395 e. The van der Waals surface area contributed by atoms with Crippen molar-refractivity contribution in [1.29, 1.82) is 0 Å². The van der Waals surface area contributed by atoms with Gasteiger partial charge in [-0.25, -0.2) is 0 Å². The molecule has 0 spiro atoms. The summed E-state index contributed by atoms with van der Waals surface area (Å²) in [6.07, 6.45) is 3.65. The summed E-state index contributed by atoms with van der Waals surface area (Å²) < 4.78 is 0. The summed E-state index contributed by atoms with van der Waals surface area (Å²) in [5, 5.41) is 0. The molecule has 0 saturated heterocycles. The van der Waals surface area contributed by atoms with Crippen LogP contribution in [0.1, 0.15) is 45.6 Å². The second-order valence-electron chi connectivity index (χ2n) is 5.84. The van der Waals surface area contributed by atoms with E-state index in [1.165, 1.54) is 24.1 Å². The zero-order valence-electron chi connectivity index (χ0n) is 13.0. The number of nitrogens with two attached hydrogens (primary N) is 1. The first-order chi connectivity index (χ1) is 9.04. The molecule has 0 aliphatic heterocycles. The van der Waals surface area contributed by atoms with E-state index in [4.69, 9.17) is 5.73 Å². The Balaban J connectivity index is 2.50. The summed E-state index contributed by atoms with van der Waals surface area (Å²) in [6, 6.07) is 9.00. The van der Waals surface area contributed by atoms with Crippen LogP contribution in [0.15, 0.2) is 24.3 Å². The third-order valence-corrected chi connectivity index (χ3v) is 3.73. The van der Waals surface area contributed by atoms with Crippen molar-refractivity contribution in [1.82, 2.24) is 0 Å². The fourth-order valence-electron chi connectivity index (χ4n) is 2.57. The third-order valence-electron chi connectivity index (χ3n) is 3.73. The van der Waals surface area contributed by atoms with Gasteiger partial charge in [0.2, 0.25) is 0 Å². The van der Waals surface area contributed by atoms with Gasteiger partial charge in [0, 0.05) is 24.8 Å². The Morgan fingerprint density at radius 3 is 2.42 bits per heavy atom. The van der Waals surface area contributed by atoms with Gasteiger partial charge in [-0.15, -0.1) is 0 Å². The summed E-state index contributed by atoms with van der Waals surface area (Å²) in [4.78, 5) is 2.49. The molecule has 0 aliphatic rings. The summed E-state index contributed by atoms with van der Waals surface area (Å²) in [7, 11) is 0. The molecule has 0 amide bonds. The highest BCUT2D eigenvalue weighted by atomic mass is 15.1. The third kappa shape index (κ3) is 5.65. The van der Waals surface area contributed by atoms with E-state index in [9.17, 15) is 0 Å². The fraction of sp³-hybridized carbons (Fsp3) is 0.647. The molecule has 0 heterocycles. The molecule has 0 saturated carbocycles. The molecular formula is C17H30N2. The molecule has 1 aromatic rings. The van der Waals surface area contributed by atoms with Gasteiger partial charge in [-0.2, -0.15) is 0 Å².